The number of carbonyl (C=O) groups is 1. The number of tetrazole rings is 1. The molecule has 0 aliphatic carbocycles. The Kier molecular flexibility index (Phi) is 4.58. The Morgan fingerprint density at radius 3 is 2.78 bits per heavy atom. The molecule has 1 aromatic carbocycles. The zero-order valence-electron chi connectivity index (χ0n) is 10.2. The number of aromatic nitrogens is 4. The number of carbonyl (C=O) groups excluding carboxylic acids is 1. The molecular weight excluding hydrogens is 228 g/mol. The Bertz CT molecular complexity index is 481. The van der Waals surface area contributed by atoms with Crippen molar-refractivity contribution in [3.05, 3.63) is 41.7 Å². The van der Waals surface area contributed by atoms with Gasteiger partial charge in [-0.05, 0) is 28.8 Å². The van der Waals surface area contributed by atoms with Crippen molar-refractivity contribution in [1.82, 2.24) is 20.2 Å². The van der Waals surface area contributed by atoms with Gasteiger partial charge in [0, 0.05) is 12.8 Å². The molecule has 0 unspecified atom stereocenters. The van der Waals surface area contributed by atoms with Crippen molar-refractivity contribution in [2.75, 3.05) is 0 Å². The number of rotatable bonds is 7. The van der Waals surface area contributed by atoms with Gasteiger partial charge in [-0.15, -0.1) is 5.10 Å². The van der Waals surface area contributed by atoms with E-state index in [-0.39, 0.29) is 0 Å². The average molecular weight is 244 g/mol. The molecule has 18 heavy (non-hydrogen) atoms. The van der Waals surface area contributed by atoms with Crippen LogP contribution in [0, 0.1) is 0 Å². The predicted molar refractivity (Wildman–Crippen MR) is 67.0 cm³/mol. The number of nitrogens with zero attached hydrogens (tertiary/aromatic N) is 4. The lowest BCUT2D eigenvalue weighted by molar-refractivity contribution is -0.107. The lowest BCUT2D eigenvalue weighted by atomic mass is 10.2. The highest BCUT2D eigenvalue weighted by Crippen LogP contribution is 2.06. The summed E-state index contributed by atoms with van der Waals surface area (Å²) in [6.07, 6.45) is 4.20. The Labute approximate surface area is 106 Å². The molecule has 0 bridgehead atoms. The van der Waals surface area contributed by atoms with E-state index in [2.05, 4.69) is 27.7 Å². The van der Waals surface area contributed by atoms with E-state index in [1.54, 1.807) is 0 Å². The minimum atomic E-state index is 0.611. The fraction of sp³-hybridized carbons (Fsp3) is 0.385. The minimum Gasteiger partial charge on any atom is -0.303 e. The largest absolute Gasteiger partial charge is 0.303 e. The Morgan fingerprint density at radius 2 is 2.00 bits per heavy atom. The van der Waals surface area contributed by atoms with E-state index in [4.69, 9.17) is 0 Å². The molecule has 5 nitrogen and oxygen atoms in total. The number of aryl methyl sites for hydroxylation is 1. The Balaban J connectivity index is 1.93. The standard InChI is InChI=1S/C13H16N4O/c18-10-6-2-5-9-13-14-15-16-17(13)11-12-7-3-1-4-8-12/h1,3-4,7-8,10H,2,5-6,9,11H2. The summed E-state index contributed by atoms with van der Waals surface area (Å²) in [5, 5.41) is 11.7. The van der Waals surface area contributed by atoms with Crippen LogP contribution in [-0.2, 0) is 17.8 Å². The van der Waals surface area contributed by atoms with Crippen molar-refractivity contribution in [3.8, 4) is 0 Å². The van der Waals surface area contributed by atoms with Crippen molar-refractivity contribution < 1.29 is 4.79 Å². The van der Waals surface area contributed by atoms with Gasteiger partial charge in [0.15, 0.2) is 5.82 Å². The first-order valence-corrected chi connectivity index (χ1v) is 6.13. The van der Waals surface area contributed by atoms with E-state index >= 15 is 0 Å². The lowest BCUT2D eigenvalue weighted by Crippen LogP contribution is -2.07. The second kappa shape index (κ2) is 6.64. The van der Waals surface area contributed by atoms with Crippen LogP contribution in [0.3, 0.4) is 0 Å². The molecule has 0 saturated heterocycles. The number of unbranched alkanes of at least 4 members (excludes halogenated alkanes) is 2. The summed E-state index contributed by atoms with van der Waals surface area (Å²) in [5.74, 6) is 0.879. The van der Waals surface area contributed by atoms with E-state index in [9.17, 15) is 4.79 Å². The lowest BCUT2D eigenvalue weighted by Gasteiger charge is -2.04. The van der Waals surface area contributed by atoms with E-state index < -0.39 is 0 Å². The molecule has 0 saturated carbocycles. The third-order valence-electron chi connectivity index (χ3n) is 2.75. The third-order valence-corrected chi connectivity index (χ3v) is 2.75. The zero-order valence-corrected chi connectivity index (χ0v) is 10.2. The molecule has 0 spiro atoms. The van der Waals surface area contributed by atoms with Gasteiger partial charge in [-0.3, -0.25) is 0 Å². The normalized spacial score (nSPS) is 10.4. The highest BCUT2D eigenvalue weighted by molar-refractivity contribution is 5.48. The highest BCUT2D eigenvalue weighted by atomic mass is 16.1. The summed E-state index contributed by atoms with van der Waals surface area (Å²) in [6, 6.07) is 10.1. The molecule has 1 heterocycles. The van der Waals surface area contributed by atoms with Crippen LogP contribution >= 0.6 is 0 Å². The van der Waals surface area contributed by atoms with Gasteiger partial charge in [-0.25, -0.2) is 4.68 Å². The van der Waals surface area contributed by atoms with E-state index in [1.807, 2.05) is 22.9 Å². The van der Waals surface area contributed by atoms with Crippen molar-refractivity contribution in [1.29, 1.82) is 0 Å². The number of hydrogen-bond donors (Lipinski definition) is 0. The van der Waals surface area contributed by atoms with Crippen molar-refractivity contribution in [2.45, 2.75) is 32.2 Å². The van der Waals surface area contributed by atoms with Gasteiger partial charge in [0.2, 0.25) is 0 Å². The molecule has 0 radical (unpaired) electrons. The number of hydrogen-bond acceptors (Lipinski definition) is 4. The van der Waals surface area contributed by atoms with Gasteiger partial charge in [0.1, 0.15) is 6.29 Å². The van der Waals surface area contributed by atoms with Gasteiger partial charge >= 0.3 is 0 Å². The molecule has 94 valence electrons. The number of aldehydes is 1. The Morgan fingerprint density at radius 1 is 1.17 bits per heavy atom. The first-order valence-electron chi connectivity index (χ1n) is 6.13. The van der Waals surface area contributed by atoms with E-state index in [0.29, 0.717) is 13.0 Å². The molecule has 0 N–H and O–H groups in total. The number of benzene rings is 1. The maximum atomic E-state index is 10.2. The van der Waals surface area contributed by atoms with Gasteiger partial charge in [0.25, 0.3) is 0 Å². The fourth-order valence-corrected chi connectivity index (χ4v) is 1.79. The van der Waals surface area contributed by atoms with Crippen LogP contribution in [0.1, 0.15) is 30.7 Å². The molecule has 0 aliphatic rings. The summed E-state index contributed by atoms with van der Waals surface area (Å²) in [7, 11) is 0. The molecule has 0 amide bonds. The molecular formula is C13H16N4O. The topological polar surface area (TPSA) is 60.7 Å². The van der Waals surface area contributed by atoms with Gasteiger partial charge in [-0.2, -0.15) is 0 Å². The van der Waals surface area contributed by atoms with Gasteiger partial charge in [-0.1, -0.05) is 30.3 Å². The van der Waals surface area contributed by atoms with Crippen molar-refractivity contribution >= 4 is 6.29 Å². The first kappa shape index (κ1) is 12.4. The van der Waals surface area contributed by atoms with E-state index in [1.165, 1.54) is 5.56 Å². The smallest absolute Gasteiger partial charge is 0.151 e. The minimum absolute atomic E-state index is 0.611. The second-order valence-corrected chi connectivity index (χ2v) is 4.15. The summed E-state index contributed by atoms with van der Waals surface area (Å²) in [4.78, 5) is 10.2. The van der Waals surface area contributed by atoms with Gasteiger partial charge in [0.05, 0.1) is 6.54 Å². The van der Waals surface area contributed by atoms with Crippen molar-refractivity contribution in [2.24, 2.45) is 0 Å². The van der Waals surface area contributed by atoms with Crippen LogP contribution in [0.4, 0.5) is 0 Å². The fourth-order valence-electron chi connectivity index (χ4n) is 1.79. The molecule has 1 aromatic heterocycles. The maximum absolute atomic E-state index is 10.2. The van der Waals surface area contributed by atoms with Crippen molar-refractivity contribution in [3.63, 3.8) is 0 Å². The highest BCUT2D eigenvalue weighted by Gasteiger charge is 2.05. The van der Waals surface area contributed by atoms with Crippen LogP contribution in [-0.4, -0.2) is 26.5 Å². The zero-order chi connectivity index (χ0) is 12.6. The van der Waals surface area contributed by atoms with Crippen LogP contribution in [0.2, 0.25) is 0 Å². The summed E-state index contributed by atoms with van der Waals surface area (Å²) in [5.41, 5.74) is 1.18. The SMILES string of the molecule is O=CCCCCc1nnnn1Cc1ccccc1. The quantitative estimate of drug-likeness (QED) is 0.548. The van der Waals surface area contributed by atoms with E-state index in [0.717, 1.165) is 31.4 Å². The van der Waals surface area contributed by atoms with Crippen LogP contribution in [0.25, 0.3) is 0 Å². The summed E-state index contributed by atoms with van der Waals surface area (Å²) in [6.45, 7) is 0.691. The monoisotopic (exact) mass is 244 g/mol. The third kappa shape index (κ3) is 3.48. The van der Waals surface area contributed by atoms with Crippen LogP contribution in [0.15, 0.2) is 30.3 Å². The van der Waals surface area contributed by atoms with Crippen LogP contribution < -0.4 is 0 Å². The molecule has 0 aliphatic heterocycles. The molecule has 0 atom stereocenters. The predicted octanol–water partition coefficient (Wildman–Crippen LogP) is 1.63. The maximum Gasteiger partial charge on any atom is 0.151 e. The molecule has 2 aromatic rings. The second-order valence-electron chi connectivity index (χ2n) is 4.15. The molecule has 0 fully saturated rings. The summed E-state index contributed by atoms with van der Waals surface area (Å²) < 4.78 is 1.82. The van der Waals surface area contributed by atoms with Gasteiger partial charge < -0.3 is 4.79 Å². The first-order chi connectivity index (χ1) is 8.90. The molecule has 2 rings (SSSR count). The average Bonchev–Trinajstić information content (AvgIpc) is 2.83. The summed E-state index contributed by atoms with van der Waals surface area (Å²) >= 11 is 0. The van der Waals surface area contributed by atoms with Crippen LogP contribution in [0.5, 0.6) is 0 Å². The Hall–Kier alpha value is -2.04. The molecule has 5 heteroatoms.